The molecular weight excluding hydrogens is 164 g/mol. The maximum Gasteiger partial charge on any atom is 0.220 e. The molecule has 0 aliphatic heterocycles. The molecule has 4 N–H and O–H groups in total. The van der Waals surface area contributed by atoms with E-state index in [1.54, 1.807) is 25.1 Å². The molecule has 0 aromatic heterocycles. The highest BCUT2D eigenvalue weighted by Gasteiger charge is 2.10. The zero-order chi connectivity index (χ0) is 9.84. The first kappa shape index (κ1) is 9.58. The number of hydrogen-bond donors (Lipinski definition) is 2. The summed E-state index contributed by atoms with van der Waals surface area (Å²) in [6.45, 7) is 1.79. The number of anilines is 1. The number of rotatable bonds is 3. The lowest BCUT2D eigenvalue weighted by Gasteiger charge is -2.08. The molecule has 13 heavy (non-hydrogen) atoms. The molecule has 0 spiro atoms. The van der Waals surface area contributed by atoms with Crippen LogP contribution in [0, 0.1) is 12.0 Å². The summed E-state index contributed by atoms with van der Waals surface area (Å²) >= 11 is 0. The fraction of sp³-hybridized carbons (Fsp3) is 0.300. The first-order valence-electron chi connectivity index (χ1n) is 4.15. The number of hydrogen-bond acceptors (Lipinski definition) is 2. The topological polar surface area (TPSA) is 69.1 Å². The molecular formula is C10H13N2O. The molecule has 1 aromatic carbocycles. The van der Waals surface area contributed by atoms with Crippen molar-refractivity contribution in [3.63, 3.8) is 0 Å². The molecule has 0 saturated carbocycles. The molecule has 1 aromatic rings. The zero-order valence-corrected chi connectivity index (χ0v) is 7.58. The summed E-state index contributed by atoms with van der Waals surface area (Å²) in [6, 6.07) is 8.21. The molecule has 1 rings (SSSR count). The summed E-state index contributed by atoms with van der Waals surface area (Å²) in [5.41, 5.74) is 12.5. The van der Waals surface area contributed by atoms with Crippen LogP contribution in [0.5, 0.6) is 0 Å². The van der Waals surface area contributed by atoms with E-state index in [9.17, 15) is 4.79 Å². The lowest BCUT2D eigenvalue weighted by atomic mass is 9.99. The largest absolute Gasteiger partial charge is 0.399 e. The lowest BCUT2D eigenvalue weighted by molar-refractivity contribution is -0.121. The standard InChI is InChI=1S/C10H13N2O/c1-7(10(12)13)6-8-4-2-3-5-9(8)11/h3-5,7H,6,11H2,1H3,(H2,12,13)/t7-/m0/s1. The summed E-state index contributed by atoms with van der Waals surface area (Å²) in [7, 11) is 0. The van der Waals surface area contributed by atoms with Gasteiger partial charge in [0, 0.05) is 11.6 Å². The molecule has 0 heterocycles. The summed E-state index contributed by atoms with van der Waals surface area (Å²) < 4.78 is 0. The number of amides is 1. The number of nitrogens with two attached hydrogens (primary N) is 2. The quantitative estimate of drug-likeness (QED) is 0.668. The third kappa shape index (κ3) is 2.47. The van der Waals surface area contributed by atoms with Crippen molar-refractivity contribution in [3.8, 4) is 0 Å². The first-order valence-corrected chi connectivity index (χ1v) is 4.15. The van der Waals surface area contributed by atoms with Crippen LogP contribution in [0.15, 0.2) is 18.2 Å². The maximum absolute atomic E-state index is 10.8. The van der Waals surface area contributed by atoms with Crippen molar-refractivity contribution in [2.24, 2.45) is 11.7 Å². The molecule has 0 aliphatic rings. The molecule has 1 amide bonds. The average Bonchev–Trinajstić information content (AvgIpc) is 2.08. The van der Waals surface area contributed by atoms with Crippen LogP contribution >= 0.6 is 0 Å². The Balaban J connectivity index is 2.74. The summed E-state index contributed by atoms with van der Waals surface area (Å²) in [4.78, 5) is 10.8. The first-order chi connectivity index (χ1) is 6.11. The number of primary amides is 1. The van der Waals surface area contributed by atoms with Gasteiger partial charge in [-0.15, -0.1) is 0 Å². The Bertz CT molecular complexity index is 310. The van der Waals surface area contributed by atoms with E-state index in [4.69, 9.17) is 11.5 Å². The van der Waals surface area contributed by atoms with Crippen molar-refractivity contribution in [1.82, 2.24) is 0 Å². The summed E-state index contributed by atoms with van der Waals surface area (Å²) in [5.74, 6) is -0.485. The second kappa shape index (κ2) is 3.94. The summed E-state index contributed by atoms with van der Waals surface area (Å²) in [5, 5.41) is 0. The minimum atomic E-state index is -0.303. The van der Waals surface area contributed by atoms with E-state index in [0.717, 1.165) is 5.56 Å². The van der Waals surface area contributed by atoms with Crippen LogP contribution in [-0.2, 0) is 11.2 Å². The Morgan fingerprint density at radius 3 is 2.92 bits per heavy atom. The Labute approximate surface area is 77.7 Å². The van der Waals surface area contributed by atoms with Crippen LogP contribution < -0.4 is 11.5 Å². The number of carbonyl (C=O) groups excluding carboxylic acids is 1. The van der Waals surface area contributed by atoms with E-state index in [2.05, 4.69) is 6.07 Å². The van der Waals surface area contributed by atoms with Crippen LogP contribution in [0.3, 0.4) is 0 Å². The van der Waals surface area contributed by atoms with Gasteiger partial charge in [-0.3, -0.25) is 4.79 Å². The van der Waals surface area contributed by atoms with Crippen molar-refractivity contribution >= 4 is 11.6 Å². The van der Waals surface area contributed by atoms with Gasteiger partial charge in [0.25, 0.3) is 0 Å². The molecule has 69 valence electrons. The minimum absolute atomic E-state index is 0.182. The van der Waals surface area contributed by atoms with Gasteiger partial charge in [0.15, 0.2) is 0 Å². The zero-order valence-electron chi connectivity index (χ0n) is 7.58. The van der Waals surface area contributed by atoms with Crippen molar-refractivity contribution in [3.05, 3.63) is 29.8 Å². The van der Waals surface area contributed by atoms with Crippen LogP contribution in [0.2, 0.25) is 0 Å². The Kier molecular flexibility index (Phi) is 2.90. The molecule has 0 saturated heterocycles. The predicted molar refractivity (Wildman–Crippen MR) is 51.8 cm³/mol. The number of benzene rings is 1. The molecule has 0 fully saturated rings. The van der Waals surface area contributed by atoms with E-state index in [-0.39, 0.29) is 11.8 Å². The number of nitrogen functional groups attached to an aromatic ring is 1. The highest BCUT2D eigenvalue weighted by molar-refractivity contribution is 5.76. The van der Waals surface area contributed by atoms with Gasteiger partial charge in [0.05, 0.1) is 0 Å². The monoisotopic (exact) mass is 177 g/mol. The van der Waals surface area contributed by atoms with E-state index in [1.807, 2.05) is 0 Å². The smallest absolute Gasteiger partial charge is 0.220 e. The molecule has 0 unspecified atom stereocenters. The van der Waals surface area contributed by atoms with Gasteiger partial charge in [-0.1, -0.05) is 13.0 Å². The maximum atomic E-state index is 10.8. The van der Waals surface area contributed by atoms with E-state index < -0.39 is 0 Å². The molecule has 3 nitrogen and oxygen atoms in total. The van der Waals surface area contributed by atoms with Crippen LogP contribution in [-0.4, -0.2) is 5.91 Å². The fourth-order valence-electron chi connectivity index (χ4n) is 1.08. The van der Waals surface area contributed by atoms with Crippen molar-refractivity contribution in [2.45, 2.75) is 13.3 Å². The van der Waals surface area contributed by atoms with E-state index in [0.29, 0.717) is 12.1 Å². The molecule has 0 bridgehead atoms. The summed E-state index contributed by atoms with van der Waals surface area (Å²) in [6.07, 6.45) is 0.582. The van der Waals surface area contributed by atoms with Crippen molar-refractivity contribution in [1.29, 1.82) is 0 Å². The van der Waals surface area contributed by atoms with Gasteiger partial charge in [0.2, 0.25) is 5.91 Å². The Morgan fingerprint density at radius 1 is 1.69 bits per heavy atom. The normalized spacial score (nSPS) is 12.4. The van der Waals surface area contributed by atoms with Gasteiger partial charge < -0.3 is 11.5 Å². The van der Waals surface area contributed by atoms with E-state index in [1.165, 1.54) is 0 Å². The highest BCUT2D eigenvalue weighted by Crippen LogP contribution is 2.14. The minimum Gasteiger partial charge on any atom is -0.399 e. The second-order valence-corrected chi connectivity index (χ2v) is 3.13. The van der Waals surface area contributed by atoms with Crippen LogP contribution in [0.4, 0.5) is 5.69 Å². The van der Waals surface area contributed by atoms with Crippen LogP contribution in [0.1, 0.15) is 12.5 Å². The predicted octanol–water partition coefficient (Wildman–Crippen LogP) is 0.733. The van der Waals surface area contributed by atoms with Gasteiger partial charge in [0.1, 0.15) is 0 Å². The average molecular weight is 177 g/mol. The van der Waals surface area contributed by atoms with Gasteiger partial charge in [-0.25, -0.2) is 0 Å². The van der Waals surface area contributed by atoms with Crippen molar-refractivity contribution in [2.75, 3.05) is 5.73 Å². The second-order valence-electron chi connectivity index (χ2n) is 3.13. The SMILES string of the molecule is C[C@@H](Cc1c[c]ccc1N)C(N)=O. The van der Waals surface area contributed by atoms with Crippen LogP contribution in [0.25, 0.3) is 0 Å². The van der Waals surface area contributed by atoms with Gasteiger partial charge in [-0.05, 0) is 30.2 Å². The van der Waals surface area contributed by atoms with Gasteiger partial charge in [-0.2, -0.15) is 0 Å². The molecule has 1 atom stereocenters. The fourth-order valence-corrected chi connectivity index (χ4v) is 1.08. The molecule has 1 radical (unpaired) electrons. The van der Waals surface area contributed by atoms with Gasteiger partial charge >= 0.3 is 0 Å². The lowest BCUT2D eigenvalue weighted by Crippen LogP contribution is -2.22. The molecule has 3 heteroatoms. The number of carbonyl (C=O) groups is 1. The Morgan fingerprint density at radius 2 is 2.38 bits per heavy atom. The van der Waals surface area contributed by atoms with E-state index >= 15 is 0 Å². The molecule has 0 aliphatic carbocycles. The third-order valence-corrected chi connectivity index (χ3v) is 2.00. The highest BCUT2D eigenvalue weighted by atomic mass is 16.1. The third-order valence-electron chi connectivity index (χ3n) is 2.00. The van der Waals surface area contributed by atoms with Crippen molar-refractivity contribution < 1.29 is 4.79 Å². The Hall–Kier alpha value is -1.51.